The van der Waals surface area contributed by atoms with Crippen molar-refractivity contribution in [2.45, 2.75) is 0 Å². The molecule has 6 aromatic carbocycles. The highest BCUT2D eigenvalue weighted by Crippen LogP contribution is 2.40. The van der Waals surface area contributed by atoms with E-state index >= 15 is 0 Å². The topological polar surface area (TPSA) is 34.1 Å². The van der Waals surface area contributed by atoms with E-state index in [1.54, 1.807) is 0 Å². The Labute approximate surface area is 147 Å². The summed E-state index contributed by atoms with van der Waals surface area (Å²) in [6, 6.07) is 23.3. The fraction of sp³-hybridized carbons (Fsp3) is 0. The van der Waals surface area contributed by atoms with Crippen molar-refractivity contribution in [3.05, 3.63) is 93.2 Å². The van der Waals surface area contributed by atoms with Crippen LogP contribution in [0.15, 0.2) is 82.4 Å². The van der Waals surface area contributed by atoms with Crippen LogP contribution in [0, 0.1) is 0 Å². The summed E-state index contributed by atoms with van der Waals surface area (Å²) in [6.45, 7) is 0. The van der Waals surface area contributed by atoms with Gasteiger partial charge in [-0.3, -0.25) is 9.59 Å². The van der Waals surface area contributed by atoms with E-state index in [-0.39, 0.29) is 10.9 Å². The minimum atomic E-state index is 0.0124. The maximum Gasteiger partial charge on any atom is 0.194 e. The zero-order chi connectivity index (χ0) is 17.4. The van der Waals surface area contributed by atoms with Crippen molar-refractivity contribution in [3.63, 3.8) is 0 Å². The minimum Gasteiger partial charge on any atom is -0.289 e. The monoisotopic (exact) mass is 332 g/mol. The van der Waals surface area contributed by atoms with Gasteiger partial charge >= 0.3 is 0 Å². The van der Waals surface area contributed by atoms with Crippen LogP contribution in [-0.2, 0) is 0 Å². The Balaban J connectivity index is 2.18. The molecule has 0 unspecified atom stereocenters. The van der Waals surface area contributed by atoms with Gasteiger partial charge in [-0.2, -0.15) is 0 Å². The van der Waals surface area contributed by atoms with Gasteiger partial charge in [0.2, 0.25) is 0 Å². The highest BCUT2D eigenvalue weighted by molar-refractivity contribution is 6.38. The summed E-state index contributed by atoms with van der Waals surface area (Å²) < 4.78 is 0. The first-order valence-corrected chi connectivity index (χ1v) is 8.64. The smallest absolute Gasteiger partial charge is 0.194 e. The van der Waals surface area contributed by atoms with E-state index in [4.69, 9.17) is 0 Å². The molecule has 0 fully saturated rings. The van der Waals surface area contributed by atoms with Gasteiger partial charge in [-0.05, 0) is 21.5 Å². The summed E-state index contributed by atoms with van der Waals surface area (Å²) >= 11 is 0. The van der Waals surface area contributed by atoms with Crippen molar-refractivity contribution in [1.82, 2.24) is 0 Å². The normalized spacial score (nSPS) is 12.2. The molecule has 0 amide bonds. The van der Waals surface area contributed by atoms with E-state index in [1.165, 1.54) is 0 Å². The number of benzene rings is 4. The van der Waals surface area contributed by atoms with E-state index in [0.717, 1.165) is 37.7 Å². The largest absolute Gasteiger partial charge is 0.289 e. The van der Waals surface area contributed by atoms with Crippen molar-refractivity contribution in [1.29, 1.82) is 0 Å². The van der Waals surface area contributed by atoms with Gasteiger partial charge in [-0.25, -0.2) is 0 Å². The second-order valence-corrected chi connectivity index (χ2v) is 6.79. The number of fused-ring (bicyclic) bond motifs is 10. The molecule has 120 valence electrons. The summed E-state index contributed by atoms with van der Waals surface area (Å²) in [7, 11) is 0. The Morgan fingerprint density at radius 1 is 0.346 bits per heavy atom. The summed E-state index contributed by atoms with van der Waals surface area (Å²) in [5.41, 5.74) is 0.0282. The van der Waals surface area contributed by atoms with Gasteiger partial charge in [0.25, 0.3) is 0 Å². The van der Waals surface area contributed by atoms with Crippen LogP contribution in [0.25, 0.3) is 53.9 Å². The van der Waals surface area contributed by atoms with E-state index in [9.17, 15) is 9.59 Å². The lowest BCUT2D eigenvalue weighted by molar-refractivity contribution is 1.80. The van der Waals surface area contributed by atoms with Crippen LogP contribution < -0.4 is 10.9 Å². The Morgan fingerprint density at radius 3 is 1.23 bits per heavy atom. The number of rotatable bonds is 0. The first-order valence-electron chi connectivity index (χ1n) is 8.64. The van der Waals surface area contributed by atoms with Gasteiger partial charge in [-0.1, -0.05) is 72.8 Å². The lowest BCUT2D eigenvalue weighted by atomic mass is 9.97. The van der Waals surface area contributed by atoms with Gasteiger partial charge in [0.1, 0.15) is 0 Å². The fourth-order valence-electron chi connectivity index (χ4n) is 4.52. The number of hydrogen-bond acceptors (Lipinski definition) is 2. The molecule has 0 aliphatic rings. The SMILES string of the molecule is O=c1c2ccccc2c2c1c1ccccc1c1c3ccccc3c(=O)c12. The molecular formula is C24H12O2. The third-order valence-electron chi connectivity index (χ3n) is 5.55. The first-order chi connectivity index (χ1) is 12.8. The quantitative estimate of drug-likeness (QED) is 0.390. The summed E-state index contributed by atoms with van der Waals surface area (Å²) in [5.74, 6) is 0. The lowest BCUT2D eigenvalue weighted by Crippen LogP contribution is -1.97. The molecule has 2 nitrogen and oxygen atoms in total. The Kier molecular flexibility index (Phi) is 2.41. The van der Waals surface area contributed by atoms with Crippen LogP contribution in [0.5, 0.6) is 0 Å². The highest BCUT2D eigenvalue weighted by Gasteiger charge is 2.21. The van der Waals surface area contributed by atoms with Gasteiger partial charge in [0.05, 0.1) is 0 Å². The van der Waals surface area contributed by atoms with Crippen molar-refractivity contribution >= 4 is 53.9 Å². The molecule has 0 saturated carbocycles. The standard InChI is InChI=1S/C24H12O2/c25-23-18-12-6-4-10-16(18)20-21(23)14-8-2-1-7-13(14)19-15-9-3-5-11-17(15)24(26)22(19)20/h1-12H. The minimum absolute atomic E-state index is 0.0124. The van der Waals surface area contributed by atoms with Gasteiger partial charge in [0.15, 0.2) is 10.9 Å². The fourth-order valence-corrected chi connectivity index (χ4v) is 4.52. The second kappa shape index (κ2) is 4.55. The molecule has 0 saturated heterocycles. The zero-order valence-electron chi connectivity index (χ0n) is 13.7. The molecule has 6 rings (SSSR count). The Bertz CT molecular complexity index is 1610. The molecule has 0 radical (unpaired) electrons. The second-order valence-electron chi connectivity index (χ2n) is 6.79. The van der Waals surface area contributed by atoms with Crippen molar-refractivity contribution in [2.75, 3.05) is 0 Å². The van der Waals surface area contributed by atoms with Gasteiger partial charge in [0, 0.05) is 32.3 Å². The average molecular weight is 332 g/mol. The summed E-state index contributed by atoms with van der Waals surface area (Å²) in [4.78, 5) is 26.5. The molecule has 0 aliphatic carbocycles. The molecule has 2 heteroatoms. The molecule has 6 aromatic rings. The van der Waals surface area contributed by atoms with Crippen LogP contribution >= 0.6 is 0 Å². The maximum atomic E-state index is 13.3. The van der Waals surface area contributed by atoms with Crippen molar-refractivity contribution in [3.8, 4) is 0 Å². The predicted molar refractivity (Wildman–Crippen MR) is 109 cm³/mol. The molecule has 0 N–H and O–H groups in total. The molecule has 0 aromatic heterocycles. The van der Waals surface area contributed by atoms with E-state index in [2.05, 4.69) is 0 Å². The predicted octanol–water partition coefficient (Wildman–Crippen LogP) is 5.05. The molecule has 0 heterocycles. The van der Waals surface area contributed by atoms with Gasteiger partial charge < -0.3 is 0 Å². The van der Waals surface area contributed by atoms with Crippen molar-refractivity contribution in [2.24, 2.45) is 0 Å². The van der Waals surface area contributed by atoms with Gasteiger partial charge in [-0.15, -0.1) is 0 Å². The molecule has 0 bridgehead atoms. The zero-order valence-corrected chi connectivity index (χ0v) is 13.7. The van der Waals surface area contributed by atoms with Crippen LogP contribution in [0.1, 0.15) is 0 Å². The first kappa shape index (κ1) is 13.7. The van der Waals surface area contributed by atoms with Crippen LogP contribution in [-0.4, -0.2) is 0 Å². The Hall–Kier alpha value is -3.52. The molecule has 26 heavy (non-hydrogen) atoms. The Morgan fingerprint density at radius 2 is 0.692 bits per heavy atom. The van der Waals surface area contributed by atoms with Crippen LogP contribution in [0.2, 0.25) is 0 Å². The van der Waals surface area contributed by atoms with E-state index < -0.39 is 0 Å². The maximum absolute atomic E-state index is 13.3. The highest BCUT2D eigenvalue weighted by atomic mass is 16.1. The molecule has 0 atom stereocenters. The summed E-state index contributed by atoms with van der Waals surface area (Å²) in [6.07, 6.45) is 0. The van der Waals surface area contributed by atoms with E-state index in [0.29, 0.717) is 16.2 Å². The lowest BCUT2D eigenvalue weighted by Gasteiger charge is -2.04. The average Bonchev–Trinajstić information content (AvgIpc) is 3.16. The van der Waals surface area contributed by atoms with Crippen LogP contribution in [0.3, 0.4) is 0 Å². The molecule has 0 spiro atoms. The third-order valence-corrected chi connectivity index (χ3v) is 5.55. The van der Waals surface area contributed by atoms with Crippen LogP contribution in [0.4, 0.5) is 0 Å². The summed E-state index contributed by atoms with van der Waals surface area (Å²) in [5, 5.41) is 8.25. The molecular weight excluding hydrogens is 320 g/mol. The molecule has 0 aliphatic heterocycles. The third kappa shape index (κ3) is 1.44. The van der Waals surface area contributed by atoms with Crippen molar-refractivity contribution < 1.29 is 0 Å². The van der Waals surface area contributed by atoms with E-state index in [1.807, 2.05) is 72.8 Å². The number of hydrogen-bond donors (Lipinski definition) is 0.